The standard InChI is InChI=1S/C19H13F2N5O/c1-11-23-16(19(27)25-15-8-3-2-5-12(15)10-22)9-17(24-11)26-18-13(20)6-4-7-14(18)21/h2-9H,1H3,(H,25,27)(H,23,24,26). The van der Waals surface area contributed by atoms with Crippen molar-refractivity contribution in [3.8, 4) is 6.07 Å². The summed E-state index contributed by atoms with van der Waals surface area (Å²) in [5.74, 6) is -1.87. The van der Waals surface area contributed by atoms with Crippen LogP contribution in [0.5, 0.6) is 0 Å². The number of amides is 1. The first-order valence-electron chi connectivity index (χ1n) is 7.85. The van der Waals surface area contributed by atoms with Crippen LogP contribution in [0.3, 0.4) is 0 Å². The first kappa shape index (κ1) is 17.9. The quantitative estimate of drug-likeness (QED) is 0.731. The number of hydrogen-bond acceptors (Lipinski definition) is 5. The number of aryl methyl sites for hydroxylation is 1. The minimum atomic E-state index is -0.791. The molecule has 0 spiro atoms. The molecule has 3 aromatic rings. The molecule has 8 heteroatoms. The van der Waals surface area contributed by atoms with Gasteiger partial charge in [0, 0.05) is 6.07 Å². The van der Waals surface area contributed by atoms with Crippen LogP contribution in [-0.2, 0) is 0 Å². The highest BCUT2D eigenvalue weighted by Crippen LogP contribution is 2.23. The summed E-state index contributed by atoms with van der Waals surface area (Å²) >= 11 is 0. The van der Waals surface area contributed by atoms with Crippen molar-refractivity contribution in [2.75, 3.05) is 10.6 Å². The topological polar surface area (TPSA) is 90.7 Å². The number of nitrogens with one attached hydrogen (secondary N) is 2. The highest BCUT2D eigenvalue weighted by atomic mass is 19.1. The summed E-state index contributed by atoms with van der Waals surface area (Å²) in [5.41, 5.74) is 0.227. The van der Waals surface area contributed by atoms with Crippen molar-refractivity contribution in [2.24, 2.45) is 0 Å². The van der Waals surface area contributed by atoms with Gasteiger partial charge in [0.25, 0.3) is 5.91 Å². The molecular weight excluding hydrogens is 352 g/mol. The van der Waals surface area contributed by atoms with Gasteiger partial charge in [-0.25, -0.2) is 18.7 Å². The van der Waals surface area contributed by atoms with Crippen LogP contribution in [-0.4, -0.2) is 15.9 Å². The summed E-state index contributed by atoms with van der Waals surface area (Å²) in [6.07, 6.45) is 0. The number of para-hydroxylation sites is 2. The summed E-state index contributed by atoms with van der Waals surface area (Å²) in [4.78, 5) is 20.6. The van der Waals surface area contributed by atoms with E-state index in [1.807, 2.05) is 6.07 Å². The van der Waals surface area contributed by atoms with E-state index in [1.54, 1.807) is 31.2 Å². The predicted molar refractivity (Wildman–Crippen MR) is 95.5 cm³/mol. The van der Waals surface area contributed by atoms with Crippen molar-refractivity contribution in [3.05, 3.63) is 77.2 Å². The van der Waals surface area contributed by atoms with E-state index in [4.69, 9.17) is 5.26 Å². The second kappa shape index (κ2) is 7.58. The Labute approximate surface area is 153 Å². The third kappa shape index (κ3) is 4.04. The molecule has 0 aliphatic carbocycles. The van der Waals surface area contributed by atoms with E-state index in [2.05, 4.69) is 20.6 Å². The number of nitrogens with zero attached hydrogens (tertiary/aromatic N) is 3. The highest BCUT2D eigenvalue weighted by molar-refractivity contribution is 6.04. The van der Waals surface area contributed by atoms with E-state index in [0.29, 0.717) is 11.3 Å². The molecule has 2 aromatic carbocycles. The molecule has 0 atom stereocenters. The fourth-order valence-corrected chi connectivity index (χ4v) is 2.37. The molecule has 0 saturated heterocycles. The van der Waals surface area contributed by atoms with E-state index in [9.17, 15) is 13.6 Å². The van der Waals surface area contributed by atoms with E-state index in [-0.39, 0.29) is 23.0 Å². The Bertz CT molecular complexity index is 1040. The van der Waals surface area contributed by atoms with E-state index < -0.39 is 17.5 Å². The normalized spacial score (nSPS) is 10.1. The number of halogens is 2. The maximum atomic E-state index is 13.8. The van der Waals surface area contributed by atoms with Gasteiger partial charge < -0.3 is 10.6 Å². The zero-order valence-corrected chi connectivity index (χ0v) is 14.1. The summed E-state index contributed by atoms with van der Waals surface area (Å²) in [5, 5.41) is 14.2. The molecule has 134 valence electrons. The Balaban J connectivity index is 1.89. The first-order chi connectivity index (χ1) is 13.0. The van der Waals surface area contributed by atoms with Crippen LogP contribution in [0.1, 0.15) is 21.9 Å². The number of carbonyl (C=O) groups is 1. The molecule has 0 aliphatic heterocycles. The Kier molecular flexibility index (Phi) is 5.04. The lowest BCUT2D eigenvalue weighted by Gasteiger charge is -2.11. The summed E-state index contributed by atoms with van der Waals surface area (Å²) in [7, 11) is 0. The van der Waals surface area contributed by atoms with Crippen molar-refractivity contribution in [1.29, 1.82) is 5.26 Å². The van der Waals surface area contributed by atoms with Crippen molar-refractivity contribution in [1.82, 2.24) is 9.97 Å². The van der Waals surface area contributed by atoms with Gasteiger partial charge in [-0.05, 0) is 31.2 Å². The highest BCUT2D eigenvalue weighted by Gasteiger charge is 2.15. The lowest BCUT2D eigenvalue weighted by Crippen LogP contribution is -2.16. The molecule has 2 N–H and O–H groups in total. The van der Waals surface area contributed by atoms with E-state index in [1.165, 1.54) is 12.1 Å². The zero-order valence-electron chi connectivity index (χ0n) is 14.1. The Morgan fingerprint density at radius 3 is 2.48 bits per heavy atom. The van der Waals surface area contributed by atoms with Crippen LogP contribution < -0.4 is 10.6 Å². The van der Waals surface area contributed by atoms with Gasteiger partial charge in [-0.15, -0.1) is 0 Å². The molecule has 0 saturated carbocycles. The molecule has 0 bridgehead atoms. The number of anilines is 3. The van der Waals surface area contributed by atoms with Gasteiger partial charge in [-0.1, -0.05) is 18.2 Å². The Morgan fingerprint density at radius 2 is 1.78 bits per heavy atom. The summed E-state index contributed by atoms with van der Waals surface area (Å²) < 4.78 is 27.6. The lowest BCUT2D eigenvalue weighted by molar-refractivity contribution is 0.102. The number of aromatic nitrogens is 2. The Hall–Kier alpha value is -3.86. The van der Waals surface area contributed by atoms with Crippen molar-refractivity contribution >= 4 is 23.1 Å². The van der Waals surface area contributed by atoms with Gasteiger partial charge in [-0.3, -0.25) is 4.79 Å². The fourth-order valence-electron chi connectivity index (χ4n) is 2.37. The monoisotopic (exact) mass is 365 g/mol. The van der Waals surface area contributed by atoms with Gasteiger partial charge in [0.05, 0.1) is 11.3 Å². The summed E-state index contributed by atoms with van der Waals surface area (Å²) in [6.45, 7) is 1.54. The van der Waals surface area contributed by atoms with Gasteiger partial charge in [-0.2, -0.15) is 5.26 Å². The van der Waals surface area contributed by atoms with Gasteiger partial charge in [0.15, 0.2) is 0 Å². The summed E-state index contributed by atoms with van der Waals surface area (Å²) in [6, 6.07) is 13.2. The minimum absolute atomic E-state index is 0.0190. The molecule has 27 heavy (non-hydrogen) atoms. The second-order valence-electron chi connectivity index (χ2n) is 5.52. The third-order valence-corrected chi connectivity index (χ3v) is 3.58. The van der Waals surface area contributed by atoms with Crippen LogP contribution >= 0.6 is 0 Å². The molecule has 0 aliphatic rings. The SMILES string of the molecule is Cc1nc(Nc2c(F)cccc2F)cc(C(=O)Nc2ccccc2C#N)n1. The molecule has 0 unspecified atom stereocenters. The molecule has 3 rings (SSSR count). The molecule has 1 amide bonds. The van der Waals surface area contributed by atoms with Crippen LogP contribution in [0.15, 0.2) is 48.5 Å². The van der Waals surface area contributed by atoms with Crippen LogP contribution in [0.4, 0.5) is 26.0 Å². The predicted octanol–water partition coefficient (Wildman–Crippen LogP) is 3.93. The molecule has 0 fully saturated rings. The second-order valence-corrected chi connectivity index (χ2v) is 5.52. The van der Waals surface area contributed by atoms with Crippen LogP contribution in [0.25, 0.3) is 0 Å². The maximum Gasteiger partial charge on any atom is 0.274 e. The van der Waals surface area contributed by atoms with Crippen molar-refractivity contribution < 1.29 is 13.6 Å². The number of hydrogen-bond donors (Lipinski definition) is 2. The van der Waals surface area contributed by atoms with Crippen LogP contribution in [0, 0.1) is 29.9 Å². The molecular formula is C19H13F2N5O. The number of nitriles is 1. The first-order valence-corrected chi connectivity index (χ1v) is 7.85. The van der Waals surface area contributed by atoms with E-state index >= 15 is 0 Å². The minimum Gasteiger partial charge on any atom is -0.335 e. The molecule has 1 heterocycles. The van der Waals surface area contributed by atoms with Crippen molar-refractivity contribution in [3.63, 3.8) is 0 Å². The average Bonchev–Trinajstić information content (AvgIpc) is 2.65. The molecule has 1 aromatic heterocycles. The Morgan fingerprint density at radius 1 is 1.07 bits per heavy atom. The number of rotatable bonds is 4. The van der Waals surface area contributed by atoms with Gasteiger partial charge in [0.2, 0.25) is 0 Å². The van der Waals surface area contributed by atoms with Crippen LogP contribution in [0.2, 0.25) is 0 Å². The molecule has 0 radical (unpaired) electrons. The smallest absolute Gasteiger partial charge is 0.274 e. The van der Waals surface area contributed by atoms with Crippen molar-refractivity contribution in [2.45, 2.75) is 6.92 Å². The van der Waals surface area contributed by atoms with Gasteiger partial charge >= 0.3 is 0 Å². The largest absolute Gasteiger partial charge is 0.335 e. The zero-order chi connectivity index (χ0) is 19.4. The fraction of sp³-hybridized carbons (Fsp3) is 0.0526. The average molecular weight is 365 g/mol. The van der Waals surface area contributed by atoms with E-state index in [0.717, 1.165) is 12.1 Å². The van der Waals surface area contributed by atoms with Gasteiger partial charge in [0.1, 0.15) is 40.7 Å². The third-order valence-electron chi connectivity index (χ3n) is 3.58. The maximum absolute atomic E-state index is 13.8. The molecule has 6 nitrogen and oxygen atoms in total. The number of carbonyl (C=O) groups excluding carboxylic acids is 1. The number of benzene rings is 2. The lowest BCUT2D eigenvalue weighted by atomic mass is 10.2.